The molecule has 0 bridgehead atoms. The lowest BCUT2D eigenvalue weighted by molar-refractivity contribution is 0.0774. The fourth-order valence-corrected chi connectivity index (χ4v) is 2.34. The second kappa shape index (κ2) is 5.10. The monoisotopic (exact) mass is 251 g/mol. The van der Waals surface area contributed by atoms with Crippen LogP contribution in [0.1, 0.15) is 42.9 Å². The molecular weight excluding hydrogens is 230 g/mol. The Morgan fingerprint density at radius 1 is 1.61 bits per heavy atom. The lowest BCUT2D eigenvalue weighted by Crippen LogP contribution is -2.29. The number of hydrogen-bond donors (Lipinski definition) is 2. The van der Waals surface area contributed by atoms with Gasteiger partial charge in [0.2, 0.25) is 0 Å². The van der Waals surface area contributed by atoms with E-state index in [0.29, 0.717) is 30.6 Å². The van der Waals surface area contributed by atoms with E-state index in [1.54, 1.807) is 4.90 Å². The van der Waals surface area contributed by atoms with Crippen LogP contribution in [-0.4, -0.2) is 45.8 Å². The zero-order valence-electron chi connectivity index (χ0n) is 11.2. The number of rotatable bonds is 3. The average molecular weight is 251 g/mol. The molecule has 0 radical (unpaired) electrons. The Morgan fingerprint density at radius 3 is 2.83 bits per heavy atom. The first-order valence-corrected chi connectivity index (χ1v) is 6.48. The molecule has 1 aliphatic heterocycles. The second-order valence-electron chi connectivity index (χ2n) is 5.49. The van der Waals surface area contributed by atoms with Crippen LogP contribution in [0.4, 0.5) is 0 Å². The van der Waals surface area contributed by atoms with Gasteiger partial charge in [-0.25, -0.2) is 0 Å². The second-order valence-corrected chi connectivity index (χ2v) is 5.49. The number of likely N-dealkylation sites (tertiary alicyclic amines) is 1. The van der Waals surface area contributed by atoms with Crippen LogP contribution in [0.15, 0.2) is 6.07 Å². The van der Waals surface area contributed by atoms with Crippen LogP contribution in [0.25, 0.3) is 0 Å². The van der Waals surface area contributed by atoms with E-state index in [2.05, 4.69) is 31.0 Å². The molecular formula is C13H21N3O2. The van der Waals surface area contributed by atoms with E-state index in [1.807, 2.05) is 6.07 Å². The van der Waals surface area contributed by atoms with Crippen LogP contribution in [0.3, 0.4) is 0 Å². The van der Waals surface area contributed by atoms with Gasteiger partial charge in [0.05, 0.1) is 0 Å². The van der Waals surface area contributed by atoms with Crippen LogP contribution in [-0.2, 0) is 0 Å². The minimum atomic E-state index is -0.0408. The summed E-state index contributed by atoms with van der Waals surface area (Å²) in [5.74, 6) is 0.836. The summed E-state index contributed by atoms with van der Waals surface area (Å²) in [5, 5.41) is 16.2. The fraction of sp³-hybridized carbons (Fsp3) is 0.692. The van der Waals surface area contributed by atoms with Crippen LogP contribution >= 0.6 is 0 Å². The standard InChI is InChI=1S/C13H21N3O2/c1-8(2)11-4-12(15-14-11)13(18)16-5-9(3)10(6-16)7-17/h4,8-10,17H,5-7H2,1-3H3,(H,14,15)/t9-,10+/m1/s1. The zero-order chi connectivity index (χ0) is 13.3. The molecule has 1 saturated heterocycles. The summed E-state index contributed by atoms with van der Waals surface area (Å²) in [4.78, 5) is 14.0. The molecule has 2 N–H and O–H groups in total. The summed E-state index contributed by atoms with van der Waals surface area (Å²) in [5.41, 5.74) is 1.45. The van der Waals surface area contributed by atoms with E-state index in [-0.39, 0.29) is 18.4 Å². The van der Waals surface area contributed by atoms with Crippen molar-refractivity contribution in [3.8, 4) is 0 Å². The minimum Gasteiger partial charge on any atom is -0.396 e. The van der Waals surface area contributed by atoms with Crippen molar-refractivity contribution in [3.05, 3.63) is 17.5 Å². The van der Waals surface area contributed by atoms with Gasteiger partial charge in [0.15, 0.2) is 0 Å². The Balaban J connectivity index is 2.07. The van der Waals surface area contributed by atoms with Crippen molar-refractivity contribution in [1.82, 2.24) is 15.1 Å². The number of hydrogen-bond acceptors (Lipinski definition) is 3. The third-order valence-corrected chi connectivity index (χ3v) is 3.73. The number of nitrogens with one attached hydrogen (secondary N) is 1. The summed E-state index contributed by atoms with van der Waals surface area (Å²) in [6, 6.07) is 1.82. The Hall–Kier alpha value is -1.36. The number of nitrogens with zero attached hydrogens (tertiary/aromatic N) is 2. The van der Waals surface area contributed by atoms with Crippen molar-refractivity contribution in [3.63, 3.8) is 0 Å². The van der Waals surface area contributed by atoms with Gasteiger partial charge in [0.25, 0.3) is 5.91 Å². The molecule has 18 heavy (non-hydrogen) atoms. The largest absolute Gasteiger partial charge is 0.396 e. The molecule has 5 nitrogen and oxygen atoms in total. The molecule has 2 heterocycles. The first kappa shape index (κ1) is 13.1. The number of carbonyl (C=O) groups is 1. The molecule has 0 aromatic carbocycles. The molecule has 5 heteroatoms. The van der Waals surface area contributed by atoms with Gasteiger partial charge in [-0.2, -0.15) is 5.10 Å². The van der Waals surface area contributed by atoms with E-state index in [0.717, 1.165) is 5.69 Å². The predicted octanol–water partition coefficient (Wildman–Crippen LogP) is 1.23. The lowest BCUT2D eigenvalue weighted by atomic mass is 10.00. The van der Waals surface area contributed by atoms with Gasteiger partial charge in [-0.1, -0.05) is 20.8 Å². The topological polar surface area (TPSA) is 69.2 Å². The van der Waals surface area contributed by atoms with Gasteiger partial charge >= 0.3 is 0 Å². The summed E-state index contributed by atoms with van der Waals surface area (Å²) < 4.78 is 0. The maximum absolute atomic E-state index is 12.3. The van der Waals surface area contributed by atoms with Gasteiger partial charge in [-0.05, 0) is 17.9 Å². The first-order valence-electron chi connectivity index (χ1n) is 6.48. The first-order chi connectivity index (χ1) is 8.52. The Bertz CT molecular complexity index is 428. The predicted molar refractivity (Wildman–Crippen MR) is 68.3 cm³/mol. The van der Waals surface area contributed by atoms with E-state index >= 15 is 0 Å². The highest BCUT2D eigenvalue weighted by Gasteiger charge is 2.33. The summed E-state index contributed by atoms with van der Waals surface area (Å²) >= 11 is 0. The third-order valence-electron chi connectivity index (χ3n) is 3.73. The van der Waals surface area contributed by atoms with E-state index in [9.17, 15) is 9.90 Å². The number of carbonyl (C=O) groups excluding carboxylic acids is 1. The van der Waals surface area contributed by atoms with Crippen LogP contribution in [0.2, 0.25) is 0 Å². The molecule has 100 valence electrons. The Kier molecular flexibility index (Phi) is 3.71. The highest BCUT2D eigenvalue weighted by molar-refractivity contribution is 5.92. The highest BCUT2D eigenvalue weighted by Crippen LogP contribution is 2.24. The summed E-state index contributed by atoms with van der Waals surface area (Å²) in [6.45, 7) is 7.65. The molecule has 1 aromatic rings. The fourth-order valence-electron chi connectivity index (χ4n) is 2.34. The number of amides is 1. The quantitative estimate of drug-likeness (QED) is 0.849. The van der Waals surface area contributed by atoms with Crippen molar-refractivity contribution >= 4 is 5.91 Å². The van der Waals surface area contributed by atoms with E-state index in [1.165, 1.54) is 0 Å². The van der Waals surface area contributed by atoms with Gasteiger partial charge < -0.3 is 10.0 Å². The molecule has 1 fully saturated rings. The third kappa shape index (κ3) is 2.41. The molecule has 0 saturated carbocycles. The van der Waals surface area contributed by atoms with Crippen molar-refractivity contribution in [1.29, 1.82) is 0 Å². The number of aromatic amines is 1. The van der Waals surface area contributed by atoms with Gasteiger partial charge in [-0.3, -0.25) is 9.89 Å². The zero-order valence-corrected chi connectivity index (χ0v) is 11.2. The molecule has 0 aliphatic carbocycles. The molecule has 1 aromatic heterocycles. The van der Waals surface area contributed by atoms with Crippen molar-refractivity contribution in [2.24, 2.45) is 11.8 Å². The van der Waals surface area contributed by atoms with Crippen LogP contribution in [0, 0.1) is 11.8 Å². The Labute approximate surface area is 107 Å². The van der Waals surface area contributed by atoms with Crippen LogP contribution < -0.4 is 0 Å². The molecule has 1 amide bonds. The molecule has 1 aliphatic rings. The van der Waals surface area contributed by atoms with E-state index in [4.69, 9.17) is 0 Å². The van der Waals surface area contributed by atoms with Gasteiger partial charge in [-0.15, -0.1) is 0 Å². The SMILES string of the molecule is CC(C)c1cc(C(=O)N2C[C@@H](CO)[C@H](C)C2)n[nH]1. The molecule has 0 unspecified atom stereocenters. The number of aliphatic hydroxyl groups is 1. The van der Waals surface area contributed by atoms with Crippen LogP contribution in [0.5, 0.6) is 0 Å². The average Bonchev–Trinajstić information content (AvgIpc) is 2.94. The van der Waals surface area contributed by atoms with Gasteiger partial charge in [0.1, 0.15) is 5.69 Å². The maximum Gasteiger partial charge on any atom is 0.274 e. The normalized spacial score (nSPS) is 23.9. The lowest BCUT2D eigenvalue weighted by Gasteiger charge is -2.14. The number of aliphatic hydroxyl groups excluding tert-OH is 1. The number of aromatic nitrogens is 2. The van der Waals surface area contributed by atoms with E-state index < -0.39 is 0 Å². The summed E-state index contributed by atoms with van der Waals surface area (Å²) in [7, 11) is 0. The van der Waals surface area contributed by atoms with Crippen molar-refractivity contribution in [2.45, 2.75) is 26.7 Å². The maximum atomic E-state index is 12.3. The van der Waals surface area contributed by atoms with Gasteiger partial charge in [0, 0.05) is 31.3 Å². The minimum absolute atomic E-state index is 0.0408. The Morgan fingerprint density at radius 2 is 2.33 bits per heavy atom. The van der Waals surface area contributed by atoms with Crippen molar-refractivity contribution < 1.29 is 9.90 Å². The van der Waals surface area contributed by atoms with Crippen molar-refractivity contribution in [2.75, 3.05) is 19.7 Å². The summed E-state index contributed by atoms with van der Waals surface area (Å²) in [6.07, 6.45) is 0. The number of H-pyrrole nitrogens is 1. The highest BCUT2D eigenvalue weighted by atomic mass is 16.3. The molecule has 0 spiro atoms. The molecule has 2 atom stereocenters. The smallest absolute Gasteiger partial charge is 0.274 e. The molecule has 2 rings (SSSR count).